The third-order valence-electron chi connectivity index (χ3n) is 3.15. The van der Waals surface area contributed by atoms with Crippen LogP contribution >= 0.6 is 0 Å². The minimum Gasteiger partial charge on any atom is -0.341 e. The topological polar surface area (TPSA) is 66.5 Å². The maximum Gasteiger partial charge on any atom is 0.225 e. The summed E-state index contributed by atoms with van der Waals surface area (Å²) in [6, 6.07) is -0.133. The third-order valence-corrected chi connectivity index (χ3v) is 3.91. The molecule has 1 N–H and O–H groups in total. The number of carbonyl (C=O) groups excluding carboxylic acids is 1. The molecule has 1 aliphatic rings. The molecular formula is C11H22N2O3S. The summed E-state index contributed by atoms with van der Waals surface area (Å²) < 4.78 is 24.9. The zero-order valence-corrected chi connectivity index (χ0v) is 11.6. The second kappa shape index (κ2) is 5.82. The molecule has 0 aromatic carbocycles. The number of rotatable bonds is 4. The van der Waals surface area contributed by atoms with E-state index in [0.29, 0.717) is 6.54 Å². The summed E-state index contributed by atoms with van der Waals surface area (Å²) in [7, 11) is -3.19. The van der Waals surface area contributed by atoms with Crippen molar-refractivity contribution >= 4 is 15.9 Å². The van der Waals surface area contributed by atoms with Gasteiger partial charge in [0.05, 0.1) is 6.26 Å². The van der Waals surface area contributed by atoms with Crippen LogP contribution < -0.4 is 4.72 Å². The Morgan fingerprint density at radius 2 is 2.18 bits per heavy atom. The van der Waals surface area contributed by atoms with E-state index >= 15 is 0 Å². The summed E-state index contributed by atoms with van der Waals surface area (Å²) in [5.74, 6) is 0.152. The maximum atomic E-state index is 12.0. The van der Waals surface area contributed by atoms with Crippen LogP contribution in [0.25, 0.3) is 0 Å². The molecule has 1 aliphatic heterocycles. The van der Waals surface area contributed by atoms with Crippen LogP contribution in [0.15, 0.2) is 0 Å². The van der Waals surface area contributed by atoms with Crippen molar-refractivity contribution in [3.63, 3.8) is 0 Å². The summed E-state index contributed by atoms with van der Waals surface area (Å²) in [5, 5.41) is 0. The Morgan fingerprint density at radius 3 is 2.71 bits per heavy atom. The van der Waals surface area contributed by atoms with Crippen LogP contribution in [0.3, 0.4) is 0 Å². The average Bonchev–Trinajstić information content (AvgIpc) is 2.25. The molecule has 0 unspecified atom stereocenters. The van der Waals surface area contributed by atoms with E-state index in [-0.39, 0.29) is 17.9 Å². The first kappa shape index (κ1) is 14.4. The van der Waals surface area contributed by atoms with E-state index < -0.39 is 10.0 Å². The quantitative estimate of drug-likeness (QED) is 0.805. The monoisotopic (exact) mass is 262 g/mol. The van der Waals surface area contributed by atoms with E-state index in [1.165, 1.54) is 0 Å². The summed E-state index contributed by atoms with van der Waals surface area (Å²) >= 11 is 0. The summed E-state index contributed by atoms with van der Waals surface area (Å²) in [6.45, 7) is 5.13. The van der Waals surface area contributed by atoms with Gasteiger partial charge in [-0.25, -0.2) is 13.1 Å². The van der Waals surface area contributed by atoms with Gasteiger partial charge in [0.25, 0.3) is 0 Å². The fourth-order valence-electron chi connectivity index (χ4n) is 2.06. The Bertz CT molecular complexity index is 367. The van der Waals surface area contributed by atoms with Gasteiger partial charge in [0.15, 0.2) is 0 Å². The highest BCUT2D eigenvalue weighted by Gasteiger charge is 2.27. The van der Waals surface area contributed by atoms with Crippen molar-refractivity contribution in [3.8, 4) is 0 Å². The number of amides is 1. The summed E-state index contributed by atoms with van der Waals surface area (Å²) in [4.78, 5) is 13.8. The van der Waals surface area contributed by atoms with Crippen molar-refractivity contribution in [1.82, 2.24) is 9.62 Å². The molecule has 0 spiro atoms. The molecule has 6 heteroatoms. The lowest BCUT2D eigenvalue weighted by Gasteiger charge is -2.34. The number of sulfonamides is 1. The smallest absolute Gasteiger partial charge is 0.225 e. The van der Waals surface area contributed by atoms with Crippen molar-refractivity contribution in [2.24, 2.45) is 5.92 Å². The molecule has 0 bridgehead atoms. The Hall–Kier alpha value is -0.620. The highest BCUT2D eigenvalue weighted by Crippen LogP contribution is 2.15. The molecule has 1 saturated heterocycles. The first-order valence-electron chi connectivity index (χ1n) is 6.09. The van der Waals surface area contributed by atoms with E-state index in [9.17, 15) is 13.2 Å². The van der Waals surface area contributed by atoms with Crippen LogP contribution in [0.1, 0.15) is 33.1 Å². The number of likely N-dealkylation sites (tertiary alicyclic amines) is 1. The van der Waals surface area contributed by atoms with Crippen molar-refractivity contribution in [2.75, 3.05) is 19.3 Å². The number of hydrogen-bond acceptors (Lipinski definition) is 3. The van der Waals surface area contributed by atoms with Crippen LogP contribution in [-0.4, -0.2) is 44.6 Å². The average molecular weight is 262 g/mol. The van der Waals surface area contributed by atoms with Gasteiger partial charge in [0.2, 0.25) is 15.9 Å². The number of nitrogens with zero attached hydrogens (tertiary/aromatic N) is 1. The molecule has 2 atom stereocenters. The fourth-order valence-corrected chi connectivity index (χ4v) is 2.86. The minimum absolute atomic E-state index is 0.0204. The molecule has 17 heavy (non-hydrogen) atoms. The minimum atomic E-state index is -3.19. The van der Waals surface area contributed by atoms with E-state index in [1.807, 2.05) is 13.8 Å². The molecule has 100 valence electrons. The maximum absolute atomic E-state index is 12.0. The summed E-state index contributed by atoms with van der Waals surface area (Å²) in [6.07, 6.45) is 3.63. The molecule has 0 radical (unpaired) electrons. The third kappa shape index (κ3) is 4.63. The molecule has 0 saturated carbocycles. The Balaban J connectivity index is 2.57. The van der Waals surface area contributed by atoms with E-state index in [2.05, 4.69) is 4.72 Å². The van der Waals surface area contributed by atoms with Crippen LogP contribution in [0.4, 0.5) is 0 Å². The van der Waals surface area contributed by atoms with Crippen LogP contribution in [0, 0.1) is 5.92 Å². The van der Waals surface area contributed by atoms with Crippen LogP contribution in [-0.2, 0) is 14.8 Å². The number of hydrogen-bond donors (Lipinski definition) is 1. The highest BCUT2D eigenvalue weighted by molar-refractivity contribution is 7.88. The second-order valence-electron chi connectivity index (χ2n) is 4.82. The zero-order chi connectivity index (χ0) is 13.1. The second-order valence-corrected chi connectivity index (χ2v) is 6.60. The lowest BCUT2D eigenvalue weighted by atomic mass is 10.0. The van der Waals surface area contributed by atoms with Gasteiger partial charge < -0.3 is 4.90 Å². The molecule has 5 nitrogen and oxygen atoms in total. The molecule has 1 amide bonds. The summed E-state index contributed by atoms with van der Waals surface area (Å²) in [5.41, 5.74) is 0. The standard InChI is InChI=1S/C11H22N2O3S/c1-4-9(2)11(14)13-7-5-6-10(8-13)12-17(3,15)16/h9-10,12H,4-8H2,1-3H3/t9-,10+/m0/s1. The number of piperidine rings is 1. The van der Waals surface area contributed by atoms with Crippen molar-refractivity contribution in [3.05, 3.63) is 0 Å². The number of nitrogens with one attached hydrogen (secondary N) is 1. The van der Waals surface area contributed by atoms with Crippen LogP contribution in [0.5, 0.6) is 0 Å². The molecule has 0 aliphatic carbocycles. The molecular weight excluding hydrogens is 240 g/mol. The lowest BCUT2D eigenvalue weighted by molar-refractivity contribution is -0.136. The van der Waals surface area contributed by atoms with Gasteiger partial charge in [-0.05, 0) is 19.3 Å². The molecule has 1 rings (SSSR count). The Kier molecular flexibility index (Phi) is 4.94. The lowest BCUT2D eigenvalue weighted by Crippen LogP contribution is -2.50. The van der Waals surface area contributed by atoms with Gasteiger partial charge in [-0.2, -0.15) is 0 Å². The number of carbonyl (C=O) groups is 1. The molecule has 0 aromatic rings. The van der Waals surface area contributed by atoms with Crippen molar-refractivity contribution in [1.29, 1.82) is 0 Å². The van der Waals surface area contributed by atoms with Gasteiger partial charge in [0, 0.05) is 25.0 Å². The van der Waals surface area contributed by atoms with Gasteiger partial charge in [-0.1, -0.05) is 13.8 Å². The van der Waals surface area contributed by atoms with Gasteiger partial charge in [0.1, 0.15) is 0 Å². The zero-order valence-electron chi connectivity index (χ0n) is 10.8. The van der Waals surface area contributed by atoms with Gasteiger partial charge in [-0.15, -0.1) is 0 Å². The van der Waals surface area contributed by atoms with Gasteiger partial charge in [-0.3, -0.25) is 4.79 Å². The van der Waals surface area contributed by atoms with Gasteiger partial charge >= 0.3 is 0 Å². The molecule has 1 fully saturated rings. The first-order valence-corrected chi connectivity index (χ1v) is 7.98. The fraction of sp³-hybridized carbons (Fsp3) is 0.909. The normalized spacial score (nSPS) is 23.5. The van der Waals surface area contributed by atoms with E-state index in [1.54, 1.807) is 4.90 Å². The largest absolute Gasteiger partial charge is 0.341 e. The highest BCUT2D eigenvalue weighted by atomic mass is 32.2. The van der Waals surface area contributed by atoms with E-state index in [4.69, 9.17) is 0 Å². The van der Waals surface area contributed by atoms with Crippen LogP contribution in [0.2, 0.25) is 0 Å². The SMILES string of the molecule is CC[C@H](C)C(=O)N1CCC[C@@H](NS(C)(=O)=O)C1. The first-order chi connectivity index (χ1) is 7.83. The molecule has 1 heterocycles. The predicted octanol–water partition coefficient (Wildman–Crippen LogP) is 0.573. The predicted molar refractivity (Wildman–Crippen MR) is 67.0 cm³/mol. The molecule has 0 aromatic heterocycles. The Morgan fingerprint density at radius 1 is 1.53 bits per heavy atom. The Labute approximate surface area is 104 Å². The van der Waals surface area contributed by atoms with Crippen molar-refractivity contribution < 1.29 is 13.2 Å². The van der Waals surface area contributed by atoms with E-state index in [0.717, 1.165) is 32.1 Å². The van der Waals surface area contributed by atoms with Crippen molar-refractivity contribution in [2.45, 2.75) is 39.2 Å².